The van der Waals surface area contributed by atoms with Gasteiger partial charge in [-0.25, -0.2) is 9.78 Å². The maximum absolute atomic E-state index is 12.4. The molecule has 0 unspecified atom stereocenters. The van der Waals surface area contributed by atoms with Crippen molar-refractivity contribution in [2.45, 2.75) is 11.3 Å². The fraction of sp³-hybridized carbons (Fsp3) is 0.214. The Morgan fingerprint density at radius 3 is 2.79 bits per heavy atom. The summed E-state index contributed by atoms with van der Waals surface area (Å²) in [7, 11) is 0. The van der Waals surface area contributed by atoms with Crippen molar-refractivity contribution < 1.29 is 19.5 Å². The molecular formula is C14H14N3O5S2-. The molecule has 0 aliphatic heterocycles. The largest absolute Gasteiger partial charge is 0.733 e. The molecule has 1 amide bonds. The Bertz CT molecular complexity index is 748. The van der Waals surface area contributed by atoms with Crippen LogP contribution in [-0.2, 0) is 4.74 Å². The number of para-hydroxylation sites is 1. The van der Waals surface area contributed by atoms with Gasteiger partial charge in [-0.2, -0.15) is 0 Å². The van der Waals surface area contributed by atoms with Crippen molar-refractivity contribution in [1.29, 1.82) is 0 Å². The first-order valence-electron chi connectivity index (χ1n) is 6.76. The number of carbonyl (C=O) groups is 2. The van der Waals surface area contributed by atoms with Gasteiger partial charge < -0.3 is 20.5 Å². The van der Waals surface area contributed by atoms with Crippen LogP contribution in [0.2, 0.25) is 0 Å². The van der Waals surface area contributed by atoms with Crippen molar-refractivity contribution in [3.63, 3.8) is 0 Å². The summed E-state index contributed by atoms with van der Waals surface area (Å²) in [6, 6.07) is 5.74. The van der Waals surface area contributed by atoms with Gasteiger partial charge in [0.25, 0.3) is 5.91 Å². The summed E-state index contributed by atoms with van der Waals surface area (Å²) < 4.78 is 5.50. The molecule has 0 bridgehead atoms. The number of thioether (sulfide) groups is 1. The van der Waals surface area contributed by atoms with Crippen molar-refractivity contribution in [3.8, 4) is 0 Å². The molecule has 0 fully saturated rings. The molecule has 1 aromatic heterocycles. The van der Waals surface area contributed by atoms with Gasteiger partial charge in [0.2, 0.25) is 0 Å². The van der Waals surface area contributed by atoms with Gasteiger partial charge in [0.15, 0.2) is 10.0 Å². The van der Waals surface area contributed by atoms with Crippen molar-refractivity contribution in [1.82, 2.24) is 4.98 Å². The topological polar surface area (TPSA) is 115 Å². The van der Waals surface area contributed by atoms with Crippen LogP contribution in [0.15, 0.2) is 28.6 Å². The Morgan fingerprint density at radius 2 is 2.17 bits per heavy atom. The van der Waals surface area contributed by atoms with E-state index < -0.39 is 11.9 Å². The van der Waals surface area contributed by atoms with E-state index in [2.05, 4.69) is 10.3 Å². The monoisotopic (exact) mass is 368 g/mol. The molecular weight excluding hydrogens is 354 g/mol. The maximum Gasteiger partial charge on any atom is 0.360 e. The molecule has 1 aromatic carbocycles. The van der Waals surface area contributed by atoms with Crippen molar-refractivity contribution in [2.75, 3.05) is 23.4 Å². The highest BCUT2D eigenvalue weighted by molar-refractivity contribution is 8.00. The number of ether oxygens (including phenoxy) is 1. The minimum absolute atomic E-state index is 0.00000850. The number of hydrogen-bond donors (Lipinski definition) is 2. The molecule has 0 atom stereocenters. The molecule has 0 spiro atoms. The smallest absolute Gasteiger partial charge is 0.360 e. The van der Waals surface area contributed by atoms with E-state index in [0.29, 0.717) is 4.34 Å². The zero-order valence-electron chi connectivity index (χ0n) is 12.8. The number of thiazole rings is 1. The summed E-state index contributed by atoms with van der Waals surface area (Å²) in [4.78, 5) is 28.5. The second kappa shape index (κ2) is 8.11. The van der Waals surface area contributed by atoms with E-state index in [-0.39, 0.29) is 33.8 Å². The zero-order chi connectivity index (χ0) is 17.7. The van der Waals surface area contributed by atoms with Crippen molar-refractivity contribution >= 4 is 45.7 Å². The molecule has 8 nitrogen and oxygen atoms in total. The third-order valence-corrected chi connectivity index (χ3v) is 4.79. The Balaban J connectivity index is 2.32. The van der Waals surface area contributed by atoms with Gasteiger partial charge in [0.1, 0.15) is 5.00 Å². The van der Waals surface area contributed by atoms with Crippen molar-refractivity contribution in [3.05, 3.63) is 40.7 Å². The number of rotatable bonds is 6. The van der Waals surface area contributed by atoms with Crippen LogP contribution in [0.4, 0.5) is 10.7 Å². The summed E-state index contributed by atoms with van der Waals surface area (Å²) in [5.74, 6) is -1.30. The molecule has 10 heteroatoms. The van der Waals surface area contributed by atoms with Gasteiger partial charge in [0, 0.05) is 0 Å². The molecule has 2 rings (SSSR count). The number of aromatic nitrogens is 1. The number of esters is 1. The SMILES string of the molecule is CCOC(=O)c1nc(SC)sc1NC(=O)c1ccccc1N([O-])O. The number of benzene rings is 1. The number of hydrogen-bond acceptors (Lipinski definition) is 9. The molecule has 0 aliphatic carbocycles. The Labute approximate surface area is 146 Å². The Kier molecular flexibility index (Phi) is 6.15. The number of anilines is 2. The van der Waals surface area contributed by atoms with Gasteiger partial charge in [-0.05, 0) is 25.3 Å². The van der Waals surface area contributed by atoms with Gasteiger partial charge in [0.05, 0.1) is 17.9 Å². The number of amides is 1. The van der Waals surface area contributed by atoms with E-state index in [1.807, 2.05) is 0 Å². The first-order valence-corrected chi connectivity index (χ1v) is 8.80. The summed E-state index contributed by atoms with van der Waals surface area (Å²) in [5.41, 5.74) is -0.244. The molecule has 0 saturated carbocycles. The fourth-order valence-corrected chi connectivity index (χ4v) is 3.26. The van der Waals surface area contributed by atoms with E-state index >= 15 is 0 Å². The molecule has 24 heavy (non-hydrogen) atoms. The predicted octanol–water partition coefficient (Wildman–Crippen LogP) is 2.99. The molecule has 0 radical (unpaired) electrons. The molecule has 1 heterocycles. The number of nitrogens with zero attached hydrogens (tertiary/aromatic N) is 2. The van der Waals surface area contributed by atoms with Crippen LogP contribution >= 0.6 is 23.1 Å². The first-order chi connectivity index (χ1) is 11.5. The molecule has 0 aliphatic rings. The quantitative estimate of drug-likeness (QED) is 0.454. The van der Waals surface area contributed by atoms with E-state index in [1.165, 1.54) is 30.0 Å². The van der Waals surface area contributed by atoms with Crippen LogP contribution in [0.25, 0.3) is 0 Å². The highest BCUT2D eigenvalue weighted by Crippen LogP contribution is 2.32. The summed E-state index contributed by atoms with van der Waals surface area (Å²) >= 11 is 2.44. The molecule has 2 N–H and O–H groups in total. The van der Waals surface area contributed by atoms with E-state index in [0.717, 1.165) is 11.3 Å². The lowest BCUT2D eigenvalue weighted by molar-refractivity contribution is 0.0521. The van der Waals surface area contributed by atoms with E-state index in [1.54, 1.807) is 19.2 Å². The normalized spacial score (nSPS) is 10.3. The fourth-order valence-electron chi connectivity index (χ4n) is 1.81. The lowest BCUT2D eigenvalue weighted by atomic mass is 10.1. The Morgan fingerprint density at radius 1 is 1.46 bits per heavy atom. The molecule has 0 saturated heterocycles. The summed E-state index contributed by atoms with van der Waals surface area (Å²) in [6.45, 7) is 1.84. The average molecular weight is 368 g/mol. The van der Waals surface area contributed by atoms with Crippen LogP contribution in [0.5, 0.6) is 0 Å². The van der Waals surface area contributed by atoms with Gasteiger partial charge >= 0.3 is 5.97 Å². The lowest BCUT2D eigenvalue weighted by Crippen LogP contribution is -2.18. The minimum atomic E-state index is -0.651. The Hall–Kier alpha value is -2.14. The second-order valence-electron chi connectivity index (χ2n) is 4.33. The van der Waals surface area contributed by atoms with E-state index in [4.69, 9.17) is 9.94 Å². The molecule has 128 valence electrons. The van der Waals surface area contributed by atoms with Crippen LogP contribution in [0, 0.1) is 5.21 Å². The highest BCUT2D eigenvalue weighted by Gasteiger charge is 2.22. The lowest BCUT2D eigenvalue weighted by Gasteiger charge is -2.23. The first kappa shape index (κ1) is 18.2. The number of carbonyl (C=O) groups excluding carboxylic acids is 2. The van der Waals surface area contributed by atoms with Gasteiger partial charge in [-0.3, -0.25) is 10.0 Å². The average Bonchev–Trinajstić information content (AvgIpc) is 2.98. The van der Waals surface area contributed by atoms with Crippen LogP contribution in [0.3, 0.4) is 0 Å². The third-order valence-electron chi connectivity index (χ3n) is 2.83. The van der Waals surface area contributed by atoms with E-state index in [9.17, 15) is 14.8 Å². The summed E-state index contributed by atoms with van der Waals surface area (Å²) in [5, 5.41) is 22.6. The predicted molar refractivity (Wildman–Crippen MR) is 91.9 cm³/mol. The van der Waals surface area contributed by atoms with Gasteiger partial charge in [-0.1, -0.05) is 35.2 Å². The minimum Gasteiger partial charge on any atom is -0.733 e. The zero-order valence-corrected chi connectivity index (χ0v) is 14.4. The molecule has 2 aromatic rings. The van der Waals surface area contributed by atoms with Crippen LogP contribution in [0.1, 0.15) is 27.8 Å². The maximum atomic E-state index is 12.4. The third kappa shape index (κ3) is 4.03. The highest BCUT2D eigenvalue weighted by atomic mass is 32.2. The summed E-state index contributed by atoms with van der Waals surface area (Å²) in [6.07, 6.45) is 1.79. The standard InChI is InChI=1S/C14H14N3O5S2/c1-3-22-13(19)10-12(24-14(15-10)23-2)16-11(18)8-6-4-5-7-9(8)17(20)21/h4-7,20H,3H2,1-2H3,(H,16,18)/q-1. The van der Waals surface area contributed by atoms with Crippen LogP contribution in [-0.4, -0.2) is 34.9 Å². The van der Waals surface area contributed by atoms with Crippen LogP contribution < -0.4 is 10.5 Å². The number of nitrogens with one attached hydrogen (secondary N) is 1. The van der Waals surface area contributed by atoms with Crippen molar-refractivity contribution in [2.24, 2.45) is 0 Å². The van der Waals surface area contributed by atoms with Gasteiger partial charge in [-0.15, -0.1) is 0 Å². The second-order valence-corrected chi connectivity index (χ2v) is 6.38.